The Balaban J connectivity index is 2.77. The van der Waals surface area contributed by atoms with E-state index in [-0.39, 0.29) is 23.9 Å². The van der Waals surface area contributed by atoms with Crippen LogP contribution in [0.5, 0.6) is 5.75 Å². The topological polar surface area (TPSA) is 165 Å². The number of hydrogen-bond donors (Lipinski definition) is 5. The van der Waals surface area contributed by atoms with E-state index in [4.69, 9.17) is 17.2 Å². The Morgan fingerprint density at radius 3 is 2.33 bits per heavy atom. The Labute approximate surface area is 140 Å². The number of aliphatic imine (C=N–C) groups is 1. The summed E-state index contributed by atoms with van der Waals surface area (Å²) in [6, 6.07) is 4.96. The Morgan fingerprint density at radius 1 is 1.25 bits per heavy atom. The number of carbonyl (C=O) groups excluding carboxylic acids is 1. The predicted molar refractivity (Wildman–Crippen MR) is 90.6 cm³/mol. The fraction of sp³-hybridized carbons (Fsp3) is 0.438. The molecule has 0 fully saturated rings. The van der Waals surface area contributed by atoms with E-state index in [9.17, 15) is 19.8 Å². The van der Waals surface area contributed by atoms with Gasteiger partial charge in [-0.05, 0) is 37.5 Å². The highest BCUT2D eigenvalue weighted by molar-refractivity contribution is 5.92. The Kier molecular flexibility index (Phi) is 6.72. The number of nitrogens with zero attached hydrogens (tertiary/aromatic N) is 1. The van der Waals surface area contributed by atoms with Crippen LogP contribution in [0.4, 0.5) is 0 Å². The second kappa shape index (κ2) is 8.30. The van der Waals surface area contributed by atoms with Gasteiger partial charge in [0.15, 0.2) is 11.7 Å². The van der Waals surface area contributed by atoms with Crippen LogP contribution in [0.25, 0.3) is 0 Å². The van der Waals surface area contributed by atoms with Gasteiger partial charge < -0.3 is 27.4 Å². The molecule has 0 unspecified atom stereocenters. The summed E-state index contributed by atoms with van der Waals surface area (Å²) in [4.78, 5) is 27.8. The number of Topliss-reactive ketones (excluding diaryl/α,β-unsaturated/α-hetero) is 1. The highest BCUT2D eigenvalue weighted by Gasteiger charge is 2.38. The maximum Gasteiger partial charge on any atom is 0.314 e. The third-order valence-electron chi connectivity index (χ3n) is 3.89. The monoisotopic (exact) mass is 336 g/mol. The number of nitrogens with two attached hydrogens (primary N) is 3. The number of aromatic hydroxyl groups is 1. The maximum absolute atomic E-state index is 12.3. The number of ketones is 1. The molecule has 8 N–H and O–H groups in total. The van der Waals surface area contributed by atoms with Gasteiger partial charge in [0, 0.05) is 13.0 Å². The van der Waals surface area contributed by atoms with E-state index < -0.39 is 17.4 Å². The van der Waals surface area contributed by atoms with Gasteiger partial charge in [-0.1, -0.05) is 12.1 Å². The summed E-state index contributed by atoms with van der Waals surface area (Å²) in [5.74, 6) is -1.48. The van der Waals surface area contributed by atoms with Gasteiger partial charge in [0.2, 0.25) is 0 Å². The molecule has 0 aliphatic heterocycles. The normalized spacial score (nSPS) is 14.4. The van der Waals surface area contributed by atoms with E-state index in [0.717, 1.165) is 0 Å². The van der Waals surface area contributed by atoms with Gasteiger partial charge in [-0.15, -0.1) is 0 Å². The molecule has 8 nitrogen and oxygen atoms in total. The van der Waals surface area contributed by atoms with Crippen molar-refractivity contribution in [1.82, 2.24) is 0 Å². The van der Waals surface area contributed by atoms with Crippen LogP contribution in [-0.2, 0) is 15.0 Å². The van der Waals surface area contributed by atoms with Gasteiger partial charge in [0.05, 0.1) is 11.5 Å². The molecule has 0 bridgehead atoms. The van der Waals surface area contributed by atoms with Gasteiger partial charge in [-0.3, -0.25) is 14.6 Å². The number of rotatable bonds is 9. The quantitative estimate of drug-likeness (QED) is 0.242. The number of aliphatic carboxylic acids is 1. The predicted octanol–water partition coefficient (Wildman–Crippen LogP) is 0.0746. The number of carbonyl (C=O) groups is 2. The SMILES string of the molecule is C[C@](CC(=O)[C@@H](N)CCCN=C(N)N)(C(=O)O)c1ccc(O)cc1. The standard InChI is InChI=1S/C16H24N4O4/c1-16(14(23)24,10-4-6-11(21)7-5-10)9-13(22)12(17)3-2-8-20-15(18)19/h4-7,12,21H,2-3,8-9,17H2,1H3,(H,23,24)(H4,18,19,20)/t12-,16+/m0/s1. The zero-order valence-electron chi connectivity index (χ0n) is 13.6. The molecular weight excluding hydrogens is 312 g/mol. The number of carboxylic acid groups (broad SMARTS) is 1. The molecule has 0 saturated heterocycles. The molecule has 1 rings (SSSR count). The summed E-state index contributed by atoms with van der Waals surface area (Å²) >= 11 is 0. The average molecular weight is 336 g/mol. The molecule has 0 amide bonds. The van der Waals surface area contributed by atoms with Crippen LogP contribution in [0.1, 0.15) is 31.7 Å². The zero-order chi connectivity index (χ0) is 18.3. The van der Waals surface area contributed by atoms with Crippen molar-refractivity contribution in [2.75, 3.05) is 6.54 Å². The fourth-order valence-corrected chi connectivity index (χ4v) is 2.29. The van der Waals surface area contributed by atoms with Crippen LogP contribution < -0.4 is 17.2 Å². The molecule has 132 valence electrons. The molecule has 1 aromatic rings. The third-order valence-corrected chi connectivity index (χ3v) is 3.89. The number of phenolic OH excluding ortho intramolecular Hbond substituents is 1. The lowest BCUT2D eigenvalue weighted by Gasteiger charge is -2.26. The van der Waals surface area contributed by atoms with Gasteiger partial charge >= 0.3 is 5.97 Å². The minimum absolute atomic E-state index is 0.0225. The first-order valence-electron chi connectivity index (χ1n) is 7.53. The van der Waals surface area contributed by atoms with Crippen LogP contribution in [0.3, 0.4) is 0 Å². The van der Waals surface area contributed by atoms with Crippen molar-refractivity contribution >= 4 is 17.7 Å². The van der Waals surface area contributed by atoms with Crippen LogP contribution in [0.2, 0.25) is 0 Å². The lowest BCUT2D eigenvalue weighted by Crippen LogP contribution is -2.40. The number of carboxylic acids is 1. The Bertz CT molecular complexity index is 611. The summed E-state index contributed by atoms with van der Waals surface area (Å²) in [6.07, 6.45) is 0.644. The van der Waals surface area contributed by atoms with Gasteiger partial charge in [-0.2, -0.15) is 0 Å². The lowest BCUT2D eigenvalue weighted by molar-refractivity contribution is -0.145. The molecular formula is C16H24N4O4. The van der Waals surface area contributed by atoms with Crippen LogP contribution in [0, 0.1) is 0 Å². The second-order valence-corrected chi connectivity index (χ2v) is 5.88. The van der Waals surface area contributed by atoms with E-state index in [1.807, 2.05) is 0 Å². The summed E-state index contributed by atoms with van der Waals surface area (Å²) < 4.78 is 0. The second-order valence-electron chi connectivity index (χ2n) is 5.88. The van der Waals surface area contributed by atoms with Crippen molar-refractivity contribution in [3.63, 3.8) is 0 Å². The highest BCUT2D eigenvalue weighted by Crippen LogP contribution is 2.30. The number of benzene rings is 1. The van der Waals surface area contributed by atoms with Crippen molar-refractivity contribution in [3.05, 3.63) is 29.8 Å². The van der Waals surface area contributed by atoms with Gasteiger partial charge in [0.1, 0.15) is 5.75 Å². The molecule has 0 saturated carbocycles. The first-order chi connectivity index (χ1) is 11.2. The lowest BCUT2D eigenvalue weighted by atomic mass is 9.77. The molecule has 0 spiro atoms. The fourth-order valence-electron chi connectivity index (χ4n) is 2.29. The molecule has 1 aromatic carbocycles. The third kappa shape index (κ3) is 5.24. The Morgan fingerprint density at radius 2 is 1.83 bits per heavy atom. The van der Waals surface area contributed by atoms with E-state index in [1.54, 1.807) is 0 Å². The van der Waals surface area contributed by atoms with E-state index in [2.05, 4.69) is 4.99 Å². The molecule has 8 heteroatoms. The molecule has 0 heterocycles. The Hall–Kier alpha value is -2.61. The molecule has 2 atom stereocenters. The number of phenols is 1. The minimum atomic E-state index is -1.41. The van der Waals surface area contributed by atoms with Crippen molar-refractivity contribution in [3.8, 4) is 5.75 Å². The molecule has 0 aliphatic rings. The molecule has 0 aliphatic carbocycles. The van der Waals surface area contributed by atoms with Crippen molar-refractivity contribution in [1.29, 1.82) is 0 Å². The van der Waals surface area contributed by atoms with Crippen LogP contribution in [0.15, 0.2) is 29.3 Å². The number of hydrogen-bond acceptors (Lipinski definition) is 5. The summed E-state index contributed by atoms with van der Waals surface area (Å²) in [6.45, 7) is 1.82. The molecule has 0 radical (unpaired) electrons. The van der Waals surface area contributed by atoms with E-state index >= 15 is 0 Å². The maximum atomic E-state index is 12.3. The smallest absolute Gasteiger partial charge is 0.314 e. The van der Waals surface area contributed by atoms with Gasteiger partial charge in [0.25, 0.3) is 0 Å². The number of guanidine groups is 1. The van der Waals surface area contributed by atoms with Crippen LogP contribution in [-0.4, -0.2) is 40.5 Å². The van der Waals surface area contributed by atoms with Crippen molar-refractivity contribution in [2.45, 2.75) is 37.6 Å². The summed E-state index contributed by atoms with van der Waals surface area (Å²) in [7, 11) is 0. The van der Waals surface area contributed by atoms with Crippen molar-refractivity contribution < 1.29 is 19.8 Å². The molecule has 24 heavy (non-hydrogen) atoms. The van der Waals surface area contributed by atoms with Gasteiger partial charge in [-0.25, -0.2) is 0 Å². The van der Waals surface area contributed by atoms with E-state index in [0.29, 0.717) is 24.9 Å². The van der Waals surface area contributed by atoms with E-state index in [1.165, 1.54) is 31.2 Å². The van der Waals surface area contributed by atoms with Crippen LogP contribution >= 0.6 is 0 Å². The largest absolute Gasteiger partial charge is 0.508 e. The summed E-state index contributed by atoms with van der Waals surface area (Å²) in [5.41, 5.74) is 15.3. The highest BCUT2D eigenvalue weighted by atomic mass is 16.4. The van der Waals surface area contributed by atoms with Crippen molar-refractivity contribution in [2.24, 2.45) is 22.2 Å². The average Bonchev–Trinajstić information content (AvgIpc) is 2.51. The molecule has 0 aromatic heterocycles. The zero-order valence-corrected chi connectivity index (χ0v) is 13.6. The first kappa shape index (κ1) is 19.4. The minimum Gasteiger partial charge on any atom is -0.508 e. The first-order valence-corrected chi connectivity index (χ1v) is 7.53. The summed E-state index contributed by atoms with van der Waals surface area (Å²) in [5, 5.41) is 18.9.